The predicted molar refractivity (Wildman–Crippen MR) is 111 cm³/mol. The second-order valence-corrected chi connectivity index (χ2v) is 9.32. The molecule has 0 aromatic heterocycles. The topological polar surface area (TPSA) is 20.2 Å². The maximum absolute atomic E-state index is 9.69. The van der Waals surface area contributed by atoms with Gasteiger partial charge in [-0.15, -0.1) is 0 Å². The first-order valence-corrected chi connectivity index (χ1v) is 12.2. The van der Waals surface area contributed by atoms with Gasteiger partial charge in [0.2, 0.25) is 0 Å². The fourth-order valence-electron chi connectivity index (χ4n) is 3.82. The van der Waals surface area contributed by atoms with Crippen LogP contribution >= 0.6 is 11.8 Å². The number of aliphatic hydroxyl groups is 1. The molecule has 0 aromatic carbocycles. The number of rotatable bonds is 16. The summed E-state index contributed by atoms with van der Waals surface area (Å²) in [5.41, 5.74) is 0. The van der Waals surface area contributed by atoms with E-state index in [1.54, 1.807) is 0 Å². The van der Waals surface area contributed by atoms with Crippen molar-refractivity contribution >= 4 is 11.8 Å². The van der Waals surface area contributed by atoms with Crippen LogP contribution in [0.1, 0.15) is 122 Å². The van der Waals surface area contributed by atoms with Gasteiger partial charge in [-0.3, -0.25) is 0 Å². The summed E-state index contributed by atoms with van der Waals surface area (Å²) in [5, 5.41) is 10.4. The molecule has 0 radical (unpaired) electrons. The largest absolute Gasteiger partial charge is 0.393 e. The zero-order valence-corrected chi connectivity index (χ0v) is 17.3. The second kappa shape index (κ2) is 16.8. The summed E-state index contributed by atoms with van der Waals surface area (Å²) >= 11 is 2.13. The molecule has 0 aliphatic heterocycles. The highest BCUT2D eigenvalue weighted by Crippen LogP contribution is 2.29. The van der Waals surface area contributed by atoms with Gasteiger partial charge in [0, 0.05) is 5.25 Å². The highest BCUT2D eigenvalue weighted by atomic mass is 32.2. The summed E-state index contributed by atoms with van der Waals surface area (Å²) < 4.78 is 0. The van der Waals surface area contributed by atoms with Crippen molar-refractivity contribution in [3.63, 3.8) is 0 Å². The highest BCUT2D eigenvalue weighted by molar-refractivity contribution is 7.99. The van der Waals surface area contributed by atoms with Gasteiger partial charge in [0.1, 0.15) is 0 Å². The van der Waals surface area contributed by atoms with Crippen LogP contribution in [0, 0.1) is 0 Å². The maximum atomic E-state index is 9.69. The Morgan fingerprint density at radius 2 is 1.21 bits per heavy atom. The summed E-state index contributed by atoms with van der Waals surface area (Å²) in [6, 6.07) is 0. The summed E-state index contributed by atoms with van der Waals surface area (Å²) in [5.74, 6) is 1.31. The standard InChI is InChI=1S/C22H44OS/c1-2-3-4-5-6-7-8-9-10-11-12-13-14-15-19-24-22-18-16-17-21(23)20-22/h21-23H,2-20H2,1H3/t21-,22-/m0/s1. The molecule has 2 heteroatoms. The van der Waals surface area contributed by atoms with Crippen molar-refractivity contribution in [3.8, 4) is 0 Å². The Morgan fingerprint density at radius 3 is 1.71 bits per heavy atom. The molecule has 144 valence electrons. The SMILES string of the molecule is CCCCCCCCCCCCCCCCS[C@H]1CCC[C@H](O)C1. The van der Waals surface area contributed by atoms with Crippen molar-refractivity contribution in [2.45, 2.75) is 134 Å². The lowest BCUT2D eigenvalue weighted by atomic mass is 9.97. The van der Waals surface area contributed by atoms with Gasteiger partial charge in [0.15, 0.2) is 0 Å². The van der Waals surface area contributed by atoms with Crippen LogP contribution < -0.4 is 0 Å². The van der Waals surface area contributed by atoms with E-state index in [1.807, 2.05) is 0 Å². The lowest BCUT2D eigenvalue weighted by Gasteiger charge is -2.25. The summed E-state index contributed by atoms with van der Waals surface area (Å²) in [7, 11) is 0. The molecular formula is C22H44OS. The molecule has 1 rings (SSSR count). The maximum Gasteiger partial charge on any atom is 0.0550 e. The molecule has 0 spiro atoms. The van der Waals surface area contributed by atoms with Gasteiger partial charge in [-0.1, -0.05) is 90.4 Å². The third-order valence-electron chi connectivity index (χ3n) is 5.45. The molecule has 1 nitrogen and oxygen atoms in total. The van der Waals surface area contributed by atoms with Crippen LogP contribution in [0.15, 0.2) is 0 Å². The summed E-state index contributed by atoms with van der Waals surface area (Å²) in [4.78, 5) is 0. The van der Waals surface area contributed by atoms with Crippen molar-refractivity contribution in [3.05, 3.63) is 0 Å². The molecule has 0 bridgehead atoms. The number of hydrogen-bond acceptors (Lipinski definition) is 2. The van der Waals surface area contributed by atoms with Crippen LogP contribution in [0.25, 0.3) is 0 Å². The Balaban J connectivity index is 1.70. The molecule has 1 fully saturated rings. The zero-order chi connectivity index (χ0) is 17.3. The molecule has 0 heterocycles. The van der Waals surface area contributed by atoms with E-state index in [9.17, 15) is 5.11 Å². The molecule has 0 amide bonds. The van der Waals surface area contributed by atoms with E-state index in [0.717, 1.165) is 18.1 Å². The number of hydrogen-bond donors (Lipinski definition) is 1. The quantitative estimate of drug-likeness (QED) is 0.289. The molecule has 1 aliphatic rings. The minimum atomic E-state index is -0.00686. The molecule has 1 saturated carbocycles. The third-order valence-corrected chi connectivity index (χ3v) is 6.87. The smallest absolute Gasteiger partial charge is 0.0550 e. The molecule has 24 heavy (non-hydrogen) atoms. The van der Waals surface area contributed by atoms with Gasteiger partial charge in [0.05, 0.1) is 6.10 Å². The van der Waals surface area contributed by atoms with Crippen molar-refractivity contribution < 1.29 is 5.11 Å². The average molecular weight is 357 g/mol. The third kappa shape index (κ3) is 13.6. The predicted octanol–water partition coefficient (Wildman–Crippen LogP) is 7.50. The first-order valence-electron chi connectivity index (χ1n) is 11.1. The van der Waals surface area contributed by atoms with Crippen LogP contribution in [0.5, 0.6) is 0 Å². The van der Waals surface area contributed by atoms with E-state index in [-0.39, 0.29) is 6.10 Å². The summed E-state index contributed by atoms with van der Waals surface area (Å²) in [6.45, 7) is 2.29. The van der Waals surface area contributed by atoms with Gasteiger partial charge in [0.25, 0.3) is 0 Å². The van der Waals surface area contributed by atoms with E-state index in [0.29, 0.717) is 0 Å². The van der Waals surface area contributed by atoms with E-state index in [1.165, 1.54) is 108 Å². The van der Waals surface area contributed by atoms with Crippen LogP contribution in [-0.4, -0.2) is 22.2 Å². The fourth-order valence-corrected chi connectivity index (χ4v) is 5.21. The van der Waals surface area contributed by atoms with Gasteiger partial charge in [-0.25, -0.2) is 0 Å². The Morgan fingerprint density at radius 1 is 0.708 bits per heavy atom. The number of unbranched alkanes of at least 4 members (excludes halogenated alkanes) is 13. The minimum Gasteiger partial charge on any atom is -0.393 e. The van der Waals surface area contributed by atoms with Crippen molar-refractivity contribution in [1.29, 1.82) is 0 Å². The highest BCUT2D eigenvalue weighted by Gasteiger charge is 2.19. The van der Waals surface area contributed by atoms with Gasteiger partial charge >= 0.3 is 0 Å². The van der Waals surface area contributed by atoms with E-state index in [2.05, 4.69) is 18.7 Å². The normalized spacial score (nSPS) is 21.2. The van der Waals surface area contributed by atoms with Crippen LogP contribution in [0.4, 0.5) is 0 Å². The van der Waals surface area contributed by atoms with E-state index in [4.69, 9.17) is 0 Å². The van der Waals surface area contributed by atoms with Crippen LogP contribution in [-0.2, 0) is 0 Å². The van der Waals surface area contributed by atoms with Crippen molar-refractivity contribution in [2.75, 3.05) is 5.75 Å². The summed E-state index contributed by atoms with van der Waals surface area (Å²) in [6.07, 6.45) is 24.8. The Labute approximate surface area is 156 Å². The van der Waals surface area contributed by atoms with Crippen LogP contribution in [0.2, 0.25) is 0 Å². The van der Waals surface area contributed by atoms with Gasteiger partial charge in [-0.2, -0.15) is 11.8 Å². The molecule has 1 N–H and O–H groups in total. The molecule has 0 aromatic rings. The van der Waals surface area contributed by atoms with Crippen molar-refractivity contribution in [1.82, 2.24) is 0 Å². The van der Waals surface area contributed by atoms with Crippen LogP contribution in [0.3, 0.4) is 0 Å². The molecule has 2 atom stereocenters. The number of aliphatic hydroxyl groups excluding tert-OH is 1. The van der Waals surface area contributed by atoms with Gasteiger partial charge in [-0.05, 0) is 37.9 Å². The second-order valence-electron chi connectivity index (χ2n) is 7.91. The molecule has 0 saturated heterocycles. The van der Waals surface area contributed by atoms with Gasteiger partial charge < -0.3 is 5.11 Å². The first-order chi connectivity index (χ1) is 11.8. The zero-order valence-electron chi connectivity index (χ0n) is 16.4. The lowest BCUT2D eigenvalue weighted by Crippen LogP contribution is -2.21. The number of thioether (sulfide) groups is 1. The fraction of sp³-hybridized carbons (Fsp3) is 1.00. The minimum absolute atomic E-state index is 0.00686. The molecule has 1 aliphatic carbocycles. The average Bonchev–Trinajstić information content (AvgIpc) is 2.58. The molecule has 0 unspecified atom stereocenters. The Bertz CT molecular complexity index is 256. The first kappa shape index (κ1) is 22.4. The molecular weight excluding hydrogens is 312 g/mol. The Hall–Kier alpha value is 0.310. The van der Waals surface area contributed by atoms with Crippen molar-refractivity contribution in [2.24, 2.45) is 0 Å². The van der Waals surface area contributed by atoms with E-state index >= 15 is 0 Å². The van der Waals surface area contributed by atoms with E-state index < -0.39 is 0 Å². The monoisotopic (exact) mass is 356 g/mol. The lowest BCUT2D eigenvalue weighted by molar-refractivity contribution is 0.133. The Kier molecular flexibility index (Phi) is 15.6.